The first-order chi connectivity index (χ1) is 13.0. The third-order valence-electron chi connectivity index (χ3n) is 4.30. The average Bonchev–Trinajstić information content (AvgIpc) is 2.66. The Labute approximate surface area is 162 Å². The Balaban J connectivity index is 1.98. The predicted molar refractivity (Wildman–Crippen MR) is 115 cm³/mol. The number of para-hydroxylation sites is 1. The second kappa shape index (κ2) is 10.3. The molecule has 0 spiro atoms. The highest BCUT2D eigenvalue weighted by Gasteiger charge is 2.16. The van der Waals surface area contributed by atoms with Crippen LogP contribution in [0.15, 0.2) is 82.9 Å². The third kappa shape index (κ3) is 6.72. The van der Waals surface area contributed by atoms with Crippen molar-refractivity contribution in [3.05, 3.63) is 78.5 Å². The Morgan fingerprint density at radius 2 is 1.70 bits per heavy atom. The molecule has 1 atom stereocenters. The highest BCUT2D eigenvalue weighted by Crippen LogP contribution is 2.12. The van der Waals surface area contributed by atoms with Gasteiger partial charge in [0.1, 0.15) is 5.84 Å². The Kier molecular flexibility index (Phi) is 7.77. The van der Waals surface area contributed by atoms with Crippen molar-refractivity contribution < 1.29 is 0 Å². The summed E-state index contributed by atoms with van der Waals surface area (Å²) in [6.45, 7) is 12.0. The number of nitrogens with one attached hydrogen (secondary N) is 1. The van der Waals surface area contributed by atoms with Gasteiger partial charge in [0.25, 0.3) is 0 Å². The normalized spacial score (nSPS) is 13.5. The Hall–Kier alpha value is -2.92. The number of benzene rings is 2. The molecule has 0 aliphatic rings. The topological polar surface area (TPSA) is 66.0 Å². The van der Waals surface area contributed by atoms with Crippen molar-refractivity contribution in [1.29, 1.82) is 0 Å². The van der Waals surface area contributed by atoms with Gasteiger partial charge in [0.2, 0.25) is 0 Å². The molecule has 0 aliphatic carbocycles. The van der Waals surface area contributed by atoms with Gasteiger partial charge in [-0.05, 0) is 38.1 Å². The molecule has 0 amide bonds. The van der Waals surface area contributed by atoms with Gasteiger partial charge in [-0.15, -0.1) is 0 Å². The number of hydrogen-bond donors (Lipinski definition) is 2. The van der Waals surface area contributed by atoms with E-state index in [1.807, 2.05) is 43.3 Å². The van der Waals surface area contributed by atoms with E-state index in [2.05, 4.69) is 64.9 Å². The summed E-state index contributed by atoms with van der Waals surface area (Å²) in [4.78, 5) is 11.1. The molecular formula is C22H29N5. The fourth-order valence-electron chi connectivity index (χ4n) is 2.75. The van der Waals surface area contributed by atoms with Gasteiger partial charge < -0.3 is 11.1 Å². The van der Waals surface area contributed by atoms with Crippen molar-refractivity contribution in [1.82, 2.24) is 10.2 Å². The van der Waals surface area contributed by atoms with E-state index in [1.165, 1.54) is 5.56 Å². The predicted octanol–water partition coefficient (Wildman–Crippen LogP) is 4.07. The molecule has 0 radical (unpaired) electrons. The zero-order valence-electron chi connectivity index (χ0n) is 16.4. The van der Waals surface area contributed by atoms with E-state index in [-0.39, 0.29) is 6.04 Å². The molecule has 0 bridgehead atoms. The lowest BCUT2D eigenvalue weighted by molar-refractivity contribution is 0.233. The first-order valence-electron chi connectivity index (χ1n) is 9.18. The van der Waals surface area contributed by atoms with E-state index < -0.39 is 0 Å². The maximum atomic E-state index is 6.04. The van der Waals surface area contributed by atoms with Crippen molar-refractivity contribution >= 4 is 17.5 Å². The molecule has 0 heterocycles. The molecule has 5 heteroatoms. The first-order valence-corrected chi connectivity index (χ1v) is 9.18. The minimum absolute atomic E-state index is 0.107. The van der Waals surface area contributed by atoms with Crippen molar-refractivity contribution in [2.75, 3.05) is 6.54 Å². The molecule has 3 N–H and O–H groups in total. The molecule has 27 heavy (non-hydrogen) atoms. The summed E-state index contributed by atoms with van der Waals surface area (Å²) in [5, 5.41) is 3.11. The van der Waals surface area contributed by atoms with Gasteiger partial charge in [-0.1, -0.05) is 62.0 Å². The zero-order chi connectivity index (χ0) is 19.6. The monoisotopic (exact) mass is 363 g/mol. The summed E-state index contributed by atoms with van der Waals surface area (Å²) in [5.74, 6) is 0.878. The first kappa shape index (κ1) is 20.4. The largest absolute Gasteiger partial charge is 0.369 e. The summed E-state index contributed by atoms with van der Waals surface area (Å²) < 4.78 is 0. The van der Waals surface area contributed by atoms with E-state index in [0.29, 0.717) is 11.8 Å². The van der Waals surface area contributed by atoms with Gasteiger partial charge in [-0.25, -0.2) is 9.98 Å². The van der Waals surface area contributed by atoms with E-state index in [1.54, 1.807) is 0 Å². The molecule has 2 aromatic carbocycles. The highest BCUT2D eigenvalue weighted by atomic mass is 15.2. The molecule has 0 aliphatic heterocycles. The molecule has 0 saturated heterocycles. The molecular weight excluding hydrogens is 334 g/mol. The number of nitrogens with zero attached hydrogens (tertiary/aromatic N) is 3. The van der Waals surface area contributed by atoms with Gasteiger partial charge in [0.15, 0.2) is 5.96 Å². The second-order valence-corrected chi connectivity index (χ2v) is 6.37. The fraction of sp³-hybridized carbons (Fsp3) is 0.273. The molecule has 2 aromatic rings. The van der Waals surface area contributed by atoms with Crippen LogP contribution in [0.25, 0.3) is 0 Å². The van der Waals surface area contributed by atoms with Crippen LogP contribution in [-0.2, 0) is 6.54 Å². The molecule has 0 aromatic heterocycles. The van der Waals surface area contributed by atoms with Crippen LogP contribution in [-0.4, -0.2) is 29.3 Å². The molecule has 0 saturated carbocycles. The van der Waals surface area contributed by atoms with Crippen molar-refractivity contribution in [3.63, 3.8) is 0 Å². The van der Waals surface area contributed by atoms with E-state index >= 15 is 0 Å². The lowest BCUT2D eigenvalue weighted by Gasteiger charge is -2.29. The molecule has 5 nitrogen and oxygen atoms in total. The summed E-state index contributed by atoms with van der Waals surface area (Å²) in [7, 11) is 0. The number of nitrogens with two attached hydrogens (primary N) is 1. The van der Waals surface area contributed by atoms with Crippen LogP contribution in [0.2, 0.25) is 0 Å². The van der Waals surface area contributed by atoms with Crippen LogP contribution in [0.3, 0.4) is 0 Å². The number of rotatable bonds is 7. The van der Waals surface area contributed by atoms with Gasteiger partial charge >= 0.3 is 0 Å². The van der Waals surface area contributed by atoms with Crippen LogP contribution in [0.4, 0.5) is 5.69 Å². The molecule has 142 valence electrons. The van der Waals surface area contributed by atoms with Crippen molar-refractivity contribution in [2.45, 2.75) is 33.4 Å². The standard InChI is InChI=1S/C22H29N5/c1-5-27(16-20-12-8-6-9-13-20)18(3)17(2)24-22(23)26-19(4)25-21-14-10-7-11-15-21/h6-15,18H,2,5,16H2,1,3-4H3,(H3,23,24,25,26). The zero-order valence-corrected chi connectivity index (χ0v) is 16.4. The second-order valence-electron chi connectivity index (χ2n) is 6.37. The Morgan fingerprint density at radius 1 is 1.11 bits per heavy atom. The van der Waals surface area contributed by atoms with Crippen LogP contribution in [0.5, 0.6) is 0 Å². The lowest BCUT2D eigenvalue weighted by atomic mass is 10.1. The van der Waals surface area contributed by atoms with Crippen LogP contribution >= 0.6 is 0 Å². The van der Waals surface area contributed by atoms with Crippen LogP contribution in [0.1, 0.15) is 26.3 Å². The van der Waals surface area contributed by atoms with Crippen molar-refractivity contribution in [3.8, 4) is 0 Å². The molecule has 2 rings (SSSR count). The number of aliphatic imine (C=N–C) groups is 2. The quantitative estimate of drug-likeness (QED) is 0.576. The number of likely N-dealkylation sites (N-methyl/N-ethyl adjacent to an activating group) is 1. The Bertz CT molecular complexity index is 781. The van der Waals surface area contributed by atoms with Gasteiger partial charge in [-0.2, -0.15) is 0 Å². The van der Waals surface area contributed by atoms with Crippen molar-refractivity contribution in [2.24, 2.45) is 15.7 Å². The van der Waals surface area contributed by atoms with E-state index in [9.17, 15) is 0 Å². The third-order valence-corrected chi connectivity index (χ3v) is 4.30. The summed E-state index contributed by atoms with van der Waals surface area (Å²) >= 11 is 0. The van der Waals surface area contributed by atoms with Gasteiger partial charge in [0, 0.05) is 18.3 Å². The SMILES string of the molecule is C=C(NC(N)=NC(C)=Nc1ccccc1)C(C)N(CC)Cc1ccccc1. The molecule has 1 unspecified atom stereocenters. The van der Waals surface area contributed by atoms with E-state index in [0.717, 1.165) is 24.5 Å². The highest BCUT2D eigenvalue weighted by molar-refractivity contribution is 5.95. The van der Waals surface area contributed by atoms with Crippen LogP contribution < -0.4 is 11.1 Å². The van der Waals surface area contributed by atoms with Gasteiger partial charge in [-0.3, -0.25) is 4.90 Å². The summed E-state index contributed by atoms with van der Waals surface area (Å²) in [6.07, 6.45) is 0. The molecule has 0 fully saturated rings. The minimum Gasteiger partial charge on any atom is -0.369 e. The van der Waals surface area contributed by atoms with Gasteiger partial charge in [0.05, 0.1) is 5.69 Å². The summed E-state index contributed by atoms with van der Waals surface area (Å²) in [5.41, 5.74) is 8.96. The maximum absolute atomic E-state index is 6.04. The fourth-order valence-corrected chi connectivity index (χ4v) is 2.75. The maximum Gasteiger partial charge on any atom is 0.199 e. The van der Waals surface area contributed by atoms with E-state index in [4.69, 9.17) is 5.73 Å². The lowest BCUT2D eigenvalue weighted by Crippen LogP contribution is -2.42. The smallest absolute Gasteiger partial charge is 0.199 e. The Morgan fingerprint density at radius 3 is 2.30 bits per heavy atom. The number of amidine groups is 1. The average molecular weight is 364 g/mol. The minimum atomic E-state index is 0.107. The number of guanidine groups is 1. The number of hydrogen-bond acceptors (Lipinski definition) is 2. The summed E-state index contributed by atoms with van der Waals surface area (Å²) in [6, 6.07) is 20.2. The van der Waals surface area contributed by atoms with Crippen LogP contribution in [0, 0.1) is 0 Å².